The maximum absolute atomic E-state index is 13.2. The minimum absolute atomic E-state index is 0.0869. The van der Waals surface area contributed by atoms with E-state index in [1.165, 1.54) is 0 Å². The number of para-hydroxylation sites is 1. The molecular weight excluding hydrogens is 412 g/mol. The number of carbonyl (C=O) groups excluding carboxylic acids is 1. The zero-order valence-corrected chi connectivity index (χ0v) is 18.5. The number of allylic oxidation sites excluding steroid dienone is 2. The van der Waals surface area contributed by atoms with Crippen LogP contribution in [0.25, 0.3) is 10.8 Å². The third-order valence-electron chi connectivity index (χ3n) is 7.41. The Labute approximate surface area is 193 Å². The lowest BCUT2D eigenvalue weighted by molar-refractivity contribution is 0.0858. The summed E-state index contributed by atoms with van der Waals surface area (Å²) in [5.41, 5.74) is 3.57. The van der Waals surface area contributed by atoms with Crippen LogP contribution in [0.15, 0.2) is 66.7 Å². The summed E-state index contributed by atoms with van der Waals surface area (Å²) in [4.78, 5) is 13.2. The largest absolute Gasteiger partial charge is 0.508 e. The first-order chi connectivity index (χ1) is 16.2. The Morgan fingerprint density at radius 1 is 1.12 bits per heavy atom. The van der Waals surface area contributed by atoms with E-state index < -0.39 is 0 Å². The van der Waals surface area contributed by atoms with Crippen molar-refractivity contribution < 1.29 is 14.6 Å². The minimum Gasteiger partial charge on any atom is -0.508 e. The van der Waals surface area contributed by atoms with E-state index in [9.17, 15) is 9.90 Å². The van der Waals surface area contributed by atoms with Gasteiger partial charge in [0.2, 0.25) is 0 Å². The quantitative estimate of drug-likeness (QED) is 0.483. The van der Waals surface area contributed by atoms with Crippen molar-refractivity contribution in [2.45, 2.75) is 37.3 Å². The lowest BCUT2D eigenvalue weighted by Gasteiger charge is -2.39. The number of carbonyl (C=O) groups is 1. The Bertz CT molecular complexity index is 1250. The highest BCUT2D eigenvalue weighted by Crippen LogP contribution is 2.53. The van der Waals surface area contributed by atoms with Crippen molar-refractivity contribution in [3.05, 3.63) is 83.4 Å². The summed E-state index contributed by atoms with van der Waals surface area (Å²) in [6.45, 7) is 1.30. The Morgan fingerprint density at radius 3 is 2.91 bits per heavy atom. The lowest BCUT2D eigenvalue weighted by Crippen LogP contribution is -2.34. The first kappa shape index (κ1) is 20.3. The first-order valence-corrected chi connectivity index (χ1v) is 11.9. The van der Waals surface area contributed by atoms with Gasteiger partial charge in [-0.05, 0) is 53.6 Å². The van der Waals surface area contributed by atoms with Crippen LogP contribution in [0.1, 0.15) is 52.7 Å². The zero-order chi connectivity index (χ0) is 22.4. The number of hydrogen-bond donors (Lipinski definition) is 3. The molecule has 1 amide bonds. The Morgan fingerprint density at radius 2 is 2.03 bits per heavy atom. The van der Waals surface area contributed by atoms with Gasteiger partial charge in [-0.25, -0.2) is 0 Å². The normalized spacial score (nSPS) is 25.5. The molecule has 4 atom stereocenters. The number of phenolic OH excluding ortho intramolecular Hbond substituents is 1. The number of anilines is 1. The van der Waals surface area contributed by atoms with Gasteiger partial charge in [-0.3, -0.25) is 4.79 Å². The van der Waals surface area contributed by atoms with Gasteiger partial charge in [0.1, 0.15) is 5.75 Å². The summed E-state index contributed by atoms with van der Waals surface area (Å²) in [7, 11) is 0. The fourth-order valence-corrected chi connectivity index (χ4v) is 5.81. The van der Waals surface area contributed by atoms with Crippen molar-refractivity contribution in [3.63, 3.8) is 0 Å². The molecule has 0 spiro atoms. The number of amides is 1. The summed E-state index contributed by atoms with van der Waals surface area (Å²) >= 11 is 0. The first-order valence-electron chi connectivity index (χ1n) is 11.9. The summed E-state index contributed by atoms with van der Waals surface area (Å²) in [5, 5.41) is 19.9. The second-order valence-corrected chi connectivity index (χ2v) is 9.31. The molecule has 1 aliphatic carbocycles. The summed E-state index contributed by atoms with van der Waals surface area (Å²) in [6, 6.07) is 17.8. The Kier molecular flexibility index (Phi) is 5.07. The van der Waals surface area contributed by atoms with Gasteiger partial charge in [0.05, 0.1) is 23.4 Å². The average Bonchev–Trinajstić information content (AvgIpc) is 3.54. The fourth-order valence-electron chi connectivity index (χ4n) is 5.81. The van der Waals surface area contributed by atoms with Crippen molar-refractivity contribution in [3.8, 4) is 5.75 Å². The molecular formula is C28H28N2O3. The van der Waals surface area contributed by atoms with Gasteiger partial charge >= 0.3 is 0 Å². The Balaban J connectivity index is 1.40. The maximum atomic E-state index is 13.2. The van der Waals surface area contributed by atoms with Crippen molar-refractivity contribution >= 4 is 22.4 Å². The summed E-state index contributed by atoms with van der Waals surface area (Å²) in [6.07, 6.45) is 7.56. The van der Waals surface area contributed by atoms with Crippen molar-refractivity contribution in [2.75, 3.05) is 18.5 Å². The molecule has 3 aromatic carbocycles. The van der Waals surface area contributed by atoms with Gasteiger partial charge in [-0.15, -0.1) is 0 Å². The fraction of sp³-hybridized carbons (Fsp3) is 0.321. The molecule has 6 rings (SSSR count). The molecule has 1 saturated heterocycles. The topological polar surface area (TPSA) is 70.6 Å². The van der Waals surface area contributed by atoms with E-state index in [1.54, 1.807) is 6.07 Å². The van der Waals surface area contributed by atoms with Crippen LogP contribution in [0, 0.1) is 5.92 Å². The van der Waals surface area contributed by atoms with Gasteiger partial charge in [0, 0.05) is 24.6 Å². The van der Waals surface area contributed by atoms with E-state index in [1.807, 2.05) is 30.3 Å². The van der Waals surface area contributed by atoms with Gasteiger partial charge in [0.15, 0.2) is 0 Å². The van der Waals surface area contributed by atoms with E-state index in [0.29, 0.717) is 17.9 Å². The number of rotatable bonds is 4. The van der Waals surface area contributed by atoms with Crippen LogP contribution in [-0.2, 0) is 4.74 Å². The van der Waals surface area contributed by atoms with Crippen molar-refractivity contribution in [1.29, 1.82) is 0 Å². The molecule has 3 aromatic rings. The third kappa shape index (κ3) is 3.47. The summed E-state index contributed by atoms with van der Waals surface area (Å²) < 4.78 is 5.67. The van der Waals surface area contributed by atoms with Crippen molar-refractivity contribution in [2.24, 2.45) is 5.92 Å². The summed E-state index contributed by atoms with van der Waals surface area (Å²) in [5.74, 6) is 0.687. The number of phenols is 1. The van der Waals surface area contributed by atoms with Crippen LogP contribution in [0.4, 0.5) is 5.69 Å². The van der Waals surface area contributed by atoms with Gasteiger partial charge in [-0.1, -0.05) is 54.6 Å². The SMILES string of the molecule is O=C(NCC1CCCO1)c1cccc2c1NC(c1c(O)ccc3ccccc13)C1CC=CC21. The predicted molar refractivity (Wildman–Crippen MR) is 130 cm³/mol. The van der Waals surface area contributed by atoms with Crippen LogP contribution in [0.5, 0.6) is 5.75 Å². The molecule has 3 aliphatic rings. The average molecular weight is 441 g/mol. The number of benzene rings is 3. The molecule has 0 saturated carbocycles. The second-order valence-electron chi connectivity index (χ2n) is 9.31. The number of fused-ring (bicyclic) bond motifs is 4. The van der Waals surface area contributed by atoms with E-state index in [2.05, 4.69) is 41.0 Å². The predicted octanol–water partition coefficient (Wildman–Crippen LogP) is 5.28. The molecule has 5 heteroatoms. The smallest absolute Gasteiger partial charge is 0.253 e. The number of aromatic hydroxyl groups is 1. The molecule has 0 bridgehead atoms. The Hall–Kier alpha value is -3.31. The van der Waals surface area contributed by atoms with Gasteiger partial charge in [-0.2, -0.15) is 0 Å². The molecule has 2 aliphatic heterocycles. The maximum Gasteiger partial charge on any atom is 0.253 e. The third-order valence-corrected chi connectivity index (χ3v) is 7.41. The molecule has 5 nitrogen and oxygen atoms in total. The number of ether oxygens (including phenoxy) is 1. The standard InChI is InChI=1S/C28H28N2O3/c31-24-14-13-17-6-1-2-8-19(17)25(24)27-22-11-3-9-20(22)21-10-4-12-23(26(21)30-27)28(32)29-16-18-7-5-15-33-18/h1-4,6,8-10,12-14,18,20,22,27,30-31H,5,7,11,15-16H2,(H,29,32). The molecule has 1 fully saturated rings. The van der Waals surface area contributed by atoms with Crippen LogP contribution in [0.3, 0.4) is 0 Å². The second kappa shape index (κ2) is 8.23. The van der Waals surface area contributed by atoms with Gasteiger partial charge < -0.3 is 20.5 Å². The molecule has 0 aromatic heterocycles. The van der Waals surface area contributed by atoms with Crippen LogP contribution in [-0.4, -0.2) is 30.3 Å². The highest BCUT2D eigenvalue weighted by Gasteiger charge is 2.40. The highest BCUT2D eigenvalue weighted by atomic mass is 16.5. The number of hydrogen-bond acceptors (Lipinski definition) is 4. The molecule has 4 unspecified atom stereocenters. The van der Waals surface area contributed by atoms with E-state index >= 15 is 0 Å². The molecule has 3 N–H and O–H groups in total. The molecule has 2 heterocycles. The molecule has 33 heavy (non-hydrogen) atoms. The van der Waals surface area contributed by atoms with Gasteiger partial charge in [0.25, 0.3) is 5.91 Å². The van der Waals surface area contributed by atoms with Crippen LogP contribution in [0.2, 0.25) is 0 Å². The van der Waals surface area contributed by atoms with Crippen LogP contribution < -0.4 is 10.6 Å². The van der Waals surface area contributed by atoms with Crippen LogP contribution >= 0.6 is 0 Å². The molecule has 0 radical (unpaired) electrons. The van der Waals surface area contributed by atoms with E-state index in [4.69, 9.17) is 4.74 Å². The van der Waals surface area contributed by atoms with Crippen molar-refractivity contribution in [1.82, 2.24) is 5.32 Å². The molecule has 168 valence electrons. The zero-order valence-electron chi connectivity index (χ0n) is 18.5. The minimum atomic E-state index is -0.101. The van der Waals surface area contributed by atoms with E-state index in [-0.39, 0.29) is 29.9 Å². The number of nitrogens with one attached hydrogen (secondary N) is 2. The monoisotopic (exact) mass is 440 g/mol. The van der Waals surface area contributed by atoms with E-state index in [0.717, 1.165) is 53.5 Å². The highest BCUT2D eigenvalue weighted by molar-refractivity contribution is 6.01. The lowest BCUT2D eigenvalue weighted by atomic mass is 9.75.